The van der Waals surface area contributed by atoms with E-state index >= 15 is 0 Å². The third-order valence-corrected chi connectivity index (χ3v) is 6.24. The third kappa shape index (κ3) is 3.42. The average molecular weight is 390 g/mol. The molecule has 27 heavy (non-hydrogen) atoms. The van der Waals surface area contributed by atoms with Gasteiger partial charge in [0.25, 0.3) is 15.9 Å². The van der Waals surface area contributed by atoms with Crippen molar-refractivity contribution < 1.29 is 22.3 Å². The van der Waals surface area contributed by atoms with Crippen molar-refractivity contribution in [2.75, 3.05) is 22.8 Å². The molecule has 0 spiro atoms. The van der Waals surface area contributed by atoms with E-state index in [-0.39, 0.29) is 11.6 Å². The van der Waals surface area contributed by atoms with Crippen LogP contribution in [0, 0.1) is 5.82 Å². The zero-order valence-corrected chi connectivity index (χ0v) is 15.3. The summed E-state index contributed by atoms with van der Waals surface area (Å²) in [5, 5.41) is 0. The van der Waals surface area contributed by atoms with Gasteiger partial charge in [0.15, 0.2) is 0 Å². The van der Waals surface area contributed by atoms with E-state index in [0.717, 1.165) is 18.1 Å². The van der Waals surface area contributed by atoms with Crippen LogP contribution in [-0.4, -0.2) is 33.6 Å². The molecule has 1 saturated heterocycles. The zero-order chi connectivity index (χ0) is 19.0. The summed E-state index contributed by atoms with van der Waals surface area (Å²) in [6.07, 6.45) is 1.83. The van der Waals surface area contributed by atoms with E-state index in [9.17, 15) is 17.6 Å². The quantitative estimate of drug-likeness (QED) is 0.871. The summed E-state index contributed by atoms with van der Waals surface area (Å²) in [7, 11) is -4.07. The van der Waals surface area contributed by atoms with E-state index in [1.165, 1.54) is 18.2 Å². The first-order valence-electron chi connectivity index (χ1n) is 8.79. The van der Waals surface area contributed by atoms with E-state index in [0.29, 0.717) is 31.7 Å². The Balaban J connectivity index is 1.60. The molecule has 0 radical (unpaired) electrons. The number of nitrogens with one attached hydrogen (secondary N) is 1. The number of fused-ring (bicyclic) bond motifs is 1. The Labute approximate surface area is 157 Å². The highest BCUT2D eigenvalue weighted by Crippen LogP contribution is 2.33. The lowest BCUT2D eigenvalue weighted by atomic mass is 10.1. The molecule has 1 atom stereocenters. The summed E-state index contributed by atoms with van der Waals surface area (Å²) in [4.78, 5) is 13.9. The molecular formula is C19H19FN2O4S. The first-order chi connectivity index (χ1) is 13.0. The van der Waals surface area contributed by atoms with Gasteiger partial charge in [0, 0.05) is 18.8 Å². The van der Waals surface area contributed by atoms with Crippen LogP contribution in [0.15, 0.2) is 47.4 Å². The van der Waals surface area contributed by atoms with Gasteiger partial charge in [-0.2, -0.15) is 0 Å². The normalized spacial score (nSPS) is 19.1. The summed E-state index contributed by atoms with van der Waals surface area (Å²) in [5.41, 5.74) is 1.92. The molecule has 1 amide bonds. The predicted molar refractivity (Wildman–Crippen MR) is 98.7 cm³/mol. The summed E-state index contributed by atoms with van der Waals surface area (Å²) in [5.74, 6) is -0.915. The number of hydrogen-bond acceptors (Lipinski definition) is 4. The fraction of sp³-hybridized carbons (Fsp3) is 0.316. The van der Waals surface area contributed by atoms with Crippen molar-refractivity contribution in [2.45, 2.75) is 30.3 Å². The molecule has 2 aliphatic heterocycles. The highest BCUT2D eigenvalue weighted by Gasteiger charge is 2.33. The second-order valence-electron chi connectivity index (χ2n) is 6.62. The third-order valence-electron chi connectivity index (χ3n) is 4.83. The van der Waals surface area contributed by atoms with Gasteiger partial charge in [-0.15, -0.1) is 0 Å². The van der Waals surface area contributed by atoms with Crippen LogP contribution in [0.5, 0.6) is 0 Å². The molecule has 0 bridgehead atoms. The van der Waals surface area contributed by atoms with Crippen LogP contribution in [0.25, 0.3) is 0 Å². The maximum absolute atomic E-state index is 13.9. The second-order valence-corrected chi connectivity index (χ2v) is 8.27. The number of benzene rings is 2. The van der Waals surface area contributed by atoms with Crippen molar-refractivity contribution in [3.05, 3.63) is 53.8 Å². The average Bonchev–Trinajstić information content (AvgIpc) is 3.31. The number of nitrogens with zero attached hydrogens (tertiary/aromatic N) is 1. The molecule has 0 aromatic heterocycles. The molecule has 2 aromatic carbocycles. The largest absolute Gasteiger partial charge is 0.368 e. The number of anilines is 2. The van der Waals surface area contributed by atoms with Crippen LogP contribution in [0.3, 0.4) is 0 Å². The molecule has 8 heteroatoms. The van der Waals surface area contributed by atoms with Crippen LogP contribution in [0.2, 0.25) is 0 Å². The maximum atomic E-state index is 13.9. The van der Waals surface area contributed by atoms with Gasteiger partial charge in [-0.05, 0) is 49.1 Å². The Bertz CT molecular complexity index is 987. The molecule has 6 nitrogen and oxygen atoms in total. The Hall–Kier alpha value is -2.45. The van der Waals surface area contributed by atoms with E-state index in [4.69, 9.17) is 4.74 Å². The van der Waals surface area contributed by atoms with Crippen LogP contribution < -0.4 is 9.62 Å². The summed E-state index contributed by atoms with van der Waals surface area (Å²) >= 11 is 0. The molecule has 0 saturated carbocycles. The van der Waals surface area contributed by atoms with Gasteiger partial charge in [-0.25, -0.2) is 12.8 Å². The van der Waals surface area contributed by atoms with E-state index < -0.39 is 26.8 Å². The van der Waals surface area contributed by atoms with Crippen LogP contribution in [0.4, 0.5) is 15.8 Å². The van der Waals surface area contributed by atoms with Gasteiger partial charge in [-0.3, -0.25) is 9.52 Å². The smallest absolute Gasteiger partial charge is 0.264 e. The fourth-order valence-corrected chi connectivity index (χ4v) is 4.62. The summed E-state index contributed by atoms with van der Waals surface area (Å²) < 4.78 is 46.7. The minimum Gasteiger partial charge on any atom is -0.368 e. The lowest BCUT2D eigenvalue weighted by Crippen LogP contribution is -2.37. The van der Waals surface area contributed by atoms with Gasteiger partial charge >= 0.3 is 0 Å². The first kappa shape index (κ1) is 17.9. The Kier molecular flexibility index (Phi) is 4.61. The maximum Gasteiger partial charge on any atom is 0.264 e. The number of ether oxygens (including phenoxy) is 1. The van der Waals surface area contributed by atoms with Gasteiger partial charge in [-0.1, -0.05) is 18.2 Å². The number of rotatable bonds is 4. The molecule has 2 aromatic rings. The van der Waals surface area contributed by atoms with Crippen molar-refractivity contribution in [3.8, 4) is 0 Å². The van der Waals surface area contributed by atoms with Crippen molar-refractivity contribution in [1.82, 2.24) is 0 Å². The van der Waals surface area contributed by atoms with Gasteiger partial charge in [0.2, 0.25) is 0 Å². The highest BCUT2D eigenvalue weighted by atomic mass is 32.2. The number of amides is 1. The Morgan fingerprint density at radius 2 is 2.04 bits per heavy atom. The molecule has 0 aliphatic carbocycles. The van der Waals surface area contributed by atoms with E-state index in [2.05, 4.69) is 4.72 Å². The first-order valence-corrected chi connectivity index (χ1v) is 10.3. The predicted octanol–water partition coefficient (Wildman–Crippen LogP) is 2.69. The monoisotopic (exact) mass is 390 g/mol. The topological polar surface area (TPSA) is 75.7 Å². The second kappa shape index (κ2) is 6.94. The minimum absolute atomic E-state index is 0.0969. The van der Waals surface area contributed by atoms with Crippen LogP contribution in [0.1, 0.15) is 18.4 Å². The molecule has 2 aliphatic rings. The number of carbonyl (C=O) groups is 1. The van der Waals surface area contributed by atoms with Crippen molar-refractivity contribution in [1.29, 1.82) is 0 Å². The van der Waals surface area contributed by atoms with Crippen LogP contribution >= 0.6 is 0 Å². The zero-order valence-electron chi connectivity index (χ0n) is 14.5. The SMILES string of the molecule is O=C(C1CCCO1)N1CCc2ccc(NS(=O)(=O)c3ccccc3F)cc21. The molecule has 1 N–H and O–H groups in total. The van der Waals surface area contributed by atoms with Crippen LogP contribution in [-0.2, 0) is 26.0 Å². The summed E-state index contributed by atoms with van der Waals surface area (Å²) in [6, 6.07) is 10.2. The lowest BCUT2D eigenvalue weighted by Gasteiger charge is -2.21. The van der Waals surface area contributed by atoms with Crippen molar-refractivity contribution >= 4 is 27.3 Å². The van der Waals surface area contributed by atoms with Crippen molar-refractivity contribution in [3.63, 3.8) is 0 Å². The number of carbonyl (C=O) groups excluding carboxylic acids is 1. The highest BCUT2D eigenvalue weighted by molar-refractivity contribution is 7.92. The summed E-state index contributed by atoms with van der Waals surface area (Å²) in [6.45, 7) is 1.12. The minimum atomic E-state index is -4.07. The molecule has 4 rings (SSSR count). The Morgan fingerprint density at radius 3 is 2.78 bits per heavy atom. The molecule has 1 fully saturated rings. The molecule has 1 unspecified atom stereocenters. The fourth-order valence-electron chi connectivity index (χ4n) is 3.49. The van der Waals surface area contributed by atoms with Gasteiger partial charge in [0.05, 0.1) is 5.69 Å². The van der Waals surface area contributed by atoms with E-state index in [1.54, 1.807) is 23.1 Å². The van der Waals surface area contributed by atoms with Gasteiger partial charge in [0.1, 0.15) is 16.8 Å². The number of halogens is 1. The van der Waals surface area contributed by atoms with Crippen molar-refractivity contribution in [2.24, 2.45) is 0 Å². The number of sulfonamides is 1. The van der Waals surface area contributed by atoms with E-state index in [1.807, 2.05) is 0 Å². The lowest BCUT2D eigenvalue weighted by molar-refractivity contribution is -0.127. The molecule has 142 valence electrons. The van der Waals surface area contributed by atoms with Gasteiger partial charge < -0.3 is 9.64 Å². The molecular weight excluding hydrogens is 371 g/mol. The molecule has 2 heterocycles. The Morgan fingerprint density at radius 1 is 1.22 bits per heavy atom. The number of hydrogen-bond donors (Lipinski definition) is 1. The standard InChI is InChI=1S/C19H19FN2O4S/c20-15-4-1-2-6-18(15)27(24,25)21-14-8-7-13-9-10-22(16(13)12-14)19(23)17-5-3-11-26-17/h1-2,4,6-8,12,17,21H,3,5,9-11H2.